The molecule has 0 spiro atoms. The van der Waals surface area contributed by atoms with Gasteiger partial charge >= 0.3 is 44.3 Å². The van der Waals surface area contributed by atoms with Gasteiger partial charge in [-0.1, -0.05) is 72.7 Å². The number of nitrogens with zero attached hydrogens (tertiary/aromatic N) is 2. The molecule has 2 aromatic carbocycles. The largest absolute Gasteiger partial charge is 2.00 e. The van der Waals surface area contributed by atoms with Crippen LogP contribution in [0.3, 0.4) is 0 Å². The maximum absolute atomic E-state index is 12.1. The molecule has 14 nitrogen and oxygen atoms in total. The Morgan fingerprint density at radius 2 is 1.28 bits per heavy atom. The fourth-order valence-corrected chi connectivity index (χ4v) is 3.00. The Hall–Kier alpha value is -4.20. The van der Waals surface area contributed by atoms with Crippen molar-refractivity contribution in [2.75, 3.05) is 0 Å². The summed E-state index contributed by atoms with van der Waals surface area (Å²) in [5.41, 5.74) is 1.72. The van der Waals surface area contributed by atoms with Crippen molar-refractivity contribution >= 4 is 11.9 Å². The summed E-state index contributed by atoms with van der Waals surface area (Å²) in [6.07, 6.45) is 1.62. The first-order valence-electron chi connectivity index (χ1n) is 11.9. The zero-order valence-electron chi connectivity index (χ0n) is 24.2. The second-order valence-electron chi connectivity index (χ2n) is 9.00. The molecule has 2 unspecified atom stereocenters. The van der Waals surface area contributed by atoms with Crippen molar-refractivity contribution in [2.24, 2.45) is 11.3 Å². The van der Waals surface area contributed by atoms with E-state index >= 15 is 0 Å². The Morgan fingerprint density at radius 3 is 1.60 bits per heavy atom. The molecule has 0 aliphatic rings. The van der Waals surface area contributed by atoms with Crippen LogP contribution >= 0.6 is 0 Å². The molecular formula is C27H37FN5O9Pt-. The van der Waals surface area contributed by atoms with Gasteiger partial charge in [0, 0.05) is 6.20 Å². The average molecular weight is 790 g/mol. The molecular weight excluding hydrogens is 752 g/mol. The number of aromatic nitrogens is 2. The Labute approximate surface area is 261 Å². The molecule has 0 aliphatic carbocycles. The van der Waals surface area contributed by atoms with Crippen molar-refractivity contribution in [1.82, 2.24) is 9.71 Å². The first kappa shape index (κ1) is 45.8. The number of H-pyrrole nitrogens is 1. The van der Waals surface area contributed by atoms with Crippen LogP contribution in [-0.4, -0.2) is 37.1 Å². The molecule has 0 saturated heterocycles. The fourth-order valence-electron chi connectivity index (χ4n) is 3.00. The van der Waals surface area contributed by atoms with Crippen LogP contribution in [0.2, 0.25) is 0 Å². The number of halogens is 1. The van der Waals surface area contributed by atoms with Gasteiger partial charge in [0.2, 0.25) is 5.82 Å². The summed E-state index contributed by atoms with van der Waals surface area (Å²) in [5.74, 6) is -2.95. The molecule has 0 radical (unpaired) electrons. The summed E-state index contributed by atoms with van der Waals surface area (Å²) in [4.78, 5) is 51.7. The summed E-state index contributed by atoms with van der Waals surface area (Å²) < 4.78 is 11.8. The summed E-state index contributed by atoms with van der Waals surface area (Å²) in [5, 5.41) is 35.0. The van der Waals surface area contributed by atoms with E-state index in [1.807, 2.05) is 55.5 Å². The number of hydrogen-bond acceptors (Lipinski definition) is 8. The van der Waals surface area contributed by atoms with E-state index in [-0.39, 0.29) is 38.1 Å². The number of carboxylic acids is 2. The van der Waals surface area contributed by atoms with Crippen LogP contribution in [0.1, 0.15) is 61.8 Å². The van der Waals surface area contributed by atoms with Crippen molar-refractivity contribution in [1.29, 1.82) is 0 Å². The number of benzene rings is 2. The zero-order chi connectivity index (χ0) is 31.0. The third-order valence-electron chi connectivity index (χ3n) is 5.35. The van der Waals surface area contributed by atoms with E-state index in [1.165, 1.54) is 5.56 Å². The van der Waals surface area contributed by atoms with Crippen LogP contribution in [0.5, 0.6) is 0 Å². The SMILES string of the molecule is CC(C)Cc1ccc(C(C)C(=O)O)cc1.Cc1ccc(C(C)C(=O)O)cc1.O=N[O-].O=c1[nH]cc(F)c(=O)n1O.[NH2-].[NH2-].[Pt+2]. The maximum atomic E-state index is 12.1. The van der Waals surface area contributed by atoms with Crippen LogP contribution in [0.25, 0.3) is 12.3 Å². The molecule has 1 aromatic heterocycles. The number of nitrogens with two attached hydrogens (primary N) is 2. The third-order valence-corrected chi connectivity index (χ3v) is 5.35. The minimum absolute atomic E-state index is 0. The predicted octanol–water partition coefficient (Wildman–Crippen LogP) is 5.85. The third kappa shape index (κ3) is 17.4. The molecule has 3 aromatic rings. The van der Waals surface area contributed by atoms with Gasteiger partial charge in [-0.05, 0) is 49.8 Å². The number of aromatic amines is 1. The van der Waals surface area contributed by atoms with Gasteiger partial charge in [-0.25, -0.2) is 4.79 Å². The van der Waals surface area contributed by atoms with E-state index in [4.69, 9.17) is 25.5 Å². The van der Waals surface area contributed by atoms with Crippen molar-refractivity contribution in [3.05, 3.63) is 126 Å². The topological polar surface area (TPSA) is 269 Å². The molecule has 242 valence electrons. The Balaban J connectivity index is -0.000000249. The number of hydrogen-bond donors (Lipinski definition) is 4. The van der Waals surface area contributed by atoms with Crippen LogP contribution in [-0.2, 0) is 37.1 Å². The number of nitrogens with one attached hydrogen (secondary N) is 1. The first-order chi connectivity index (χ1) is 18.7. The van der Waals surface area contributed by atoms with Gasteiger partial charge in [0.1, 0.15) is 0 Å². The van der Waals surface area contributed by atoms with Crippen molar-refractivity contribution < 1.29 is 50.5 Å². The van der Waals surface area contributed by atoms with Gasteiger partial charge in [0.05, 0.1) is 11.8 Å². The molecule has 0 saturated carbocycles. The van der Waals surface area contributed by atoms with E-state index in [0.717, 1.165) is 28.5 Å². The van der Waals surface area contributed by atoms with Crippen molar-refractivity contribution in [3.8, 4) is 0 Å². The van der Waals surface area contributed by atoms with Gasteiger partial charge < -0.3 is 42.8 Å². The maximum Gasteiger partial charge on any atom is 2.00 e. The standard InChI is InChI=1S/C13H18O2.C10H12O2.C4H3FN2O3.HNO2.2H2N.Pt/c1-9(2)8-11-4-6-12(7-5-11)10(3)13(14)15;1-7-3-5-9(6-4-7)8(2)10(11)12;5-2-1-6-4(9)7(10)3(2)8;2-1-3;;;/h4-7,9-10H,8H2,1-3H3,(H,14,15);3-6,8H,1-2H3,(H,11,12);1,10H,(H,6,9);(H,2,3);2*1H2;/q;;;;2*-1;+2/p-1. The molecule has 0 aliphatic heterocycles. The Morgan fingerprint density at radius 1 is 0.907 bits per heavy atom. The van der Waals surface area contributed by atoms with E-state index < -0.39 is 40.8 Å². The number of carboxylic acid groups (broad SMARTS) is 2. The van der Waals surface area contributed by atoms with Crippen LogP contribution in [0.15, 0.2) is 69.7 Å². The van der Waals surface area contributed by atoms with Crippen molar-refractivity contribution in [3.63, 3.8) is 0 Å². The monoisotopic (exact) mass is 789 g/mol. The summed E-state index contributed by atoms with van der Waals surface area (Å²) in [6.45, 7) is 9.73. The van der Waals surface area contributed by atoms with E-state index in [2.05, 4.69) is 13.8 Å². The average Bonchev–Trinajstić information content (AvgIpc) is 2.90. The predicted molar refractivity (Wildman–Crippen MR) is 156 cm³/mol. The molecule has 3 rings (SSSR count). The summed E-state index contributed by atoms with van der Waals surface area (Å²) in [7, 11) is 0. The summed E-state index contributed by atoms with van der Waals surface area (Å²) in [6, 6.07) is 15.4. The molecule has 16 heteroatoms. The smallest absolute Gasteiger partial charge is 0.693 e. The number of aliphatic carboxylic acids is 2. The number of rotatable bonds is 6. The van der Waals surface area contributed by atoms with Gasteiger partial charge in [-0.15, -0.1) is 5.34 Å². The van der Waals surface area contributed by atoms with Gasteiger partial charge in [0.15, 0.2) is 0 Å². The molecule has 0 fully saturated rings. The molecule has 0 bridgehead atoms. The second-order valence-corrected chi connectivity index (χ2v) is 9.00. The van der Waals surface area contributed by atoms with Gasteiger partial charge in [-0.2, -0.15) is 4.39 Å². The minimum atomic E-state index is -1.36. The molecule has 8 N–H and O–H groups in total. The second kappa shape index (κ2) is 23.4. The minimum Gasteiger partial charge on any atom is -0.693 e. The first-order valence-corrected chi connectivity index (χ1v) is 11.9. The molecule has 43 heavy (non-hydrogen) atoms. The van der Waals surface area contributed by atoms with Crippen molar-refractivity contribution in [2.45, 2.75) is 52.9 Å². The molecule has 1 heterocycles. The molecule has 2 atom stereocenters. The fraction of sp³-hybridized carbons (Fsp3) is 0.333. The zero-order valence-corrected chi connectivity index (χ0v) is 26.4. The van der Waals surface area contributed by atoms with E-state index in [9.17, 15) is 23.6 Å². The van der Waals surface area contributed by atoms with Gasteiger partial charge in [0.25, 0.3) is 0 Å². The van der Waals surface area contributed by atoms with Gasteiger partial charge in [-0.3, -0.25) is 14.4 Å². The van der Waals surface area contributed by atoms with Crippen LogP contribution in [0.4, 0.5) is 4.39 Å². The van der Waals surface area contributed by atoms with Crippen LogP contribution < -0.4 is 11.2 Å². The quantitative estimate of drug-likeness (QED) is 0.132. The number of aryl methyl sites for hydroxylation is 1. The Bertz CT molecular complexity index is 1350. The van der Waals surface area contributed by atoms with E-state index in [0.29, 0.717) is 12.1 Å². The van der Waals surface area contributed by atoms with E-state index in [1.54, 1.807) is 18.8 Å². The normalized spacial score (nSPS) is 10.5. The van der Waals surface area contributed by atoms with Crippen LogP contribution in [0, 0.1) is 28.8 Å². The summed E-state index contributed by atoms with van der Waals surface area (Å²) >= 11 is 0. The number of carbonyl (C=O) groups is 2. The molecule has 0 amide bonds. The Kier molecular flexibility index (Phi) is 24.9.